The summed E-state index contributed by atoms with van der Waals surface area (Å²) in [5, 5.41) is 12.4. The summed E-state index contributed by atoms with van der Waals surface area (Å²) in [6.45, 7) is 3.12. The van der Waals surface area contributed by atoms with Gasteiger partial charge in [-0.2, -0.15) is 0 Å². The third-order valence-corrected chi connectivity index (χ3v) is 5.14. The molecule has 1 aliphatic rings. The Balaban J connectivity index is 1.54. The van der Waals surface area contributed by atoms with Crippen LogP contribution in [0.4, 0.5) is 5.13 Å². The Kier molecular flexibility index (Phi) is 5.75. The Labute approximate surface area is 151 Å². The summed E-state index contributed by atoms with van der Waals surface area (Å²) in [4.78, 5) is 26.4. The van der Waals surface area contributed by atoms with E-state index < -0.39 is 0 Å². The van der Waals surface area contributed by atoms with E-state index in [2.05, 4.69) is 22.4 Å². The van der Waals surface area contributed by atoms with Crippen molar-refractivity contribution in [3.8, 4) is 0 Å². The number of carbonyl (C=O) groups excluding carboxylic acids is 2. The van der Waals surface area contributed by atoms with Crippen molar-refractivity contribution in [1.29, 1.82) is 0 Å². The van der Waals surface area contributed by atoms with Gasteiger partial charge in [-0.05, 0) is 12.0 Å². The van der Waals surface area contributed by atoms with Crippen molar-refractivity contribution >= 4 is 28.3 Å². The maximum atomic E-state index is 12.4. The molecule has 0 bridgehead atoms. The van der Waals surface area contributed by atoms with Gasteiger partial charge in [-0.25, -0.2) is 0 Å². The molecule has 0 saturated carbocycles. The van der Waals surface area contributed by atoms with Gasteiger partial charge >= 0.3 is 0 Å². The number of rotatable bonds is 7. The minimum absolute atomic E-state index is 0.0184. The quantitative estimate of drug-likeness (QED) is 0.826. The van der Waals surface area contributed by atoms with Crippen molar-refractivity contribution in [3.63, 3.8) is 0 Å². The molecule has 132 valence electrons. The molecule has 1 aliphatic heterocycles. The molecule has 0 radical (unpaired) electrons. The van der Waals surface area contributed by atoms with Crippen LogP contribution >= 0.6 is 11.3 Å². The predicted molar refractivity (Wildman–Crippen MR) is 97.1 cm³/mol. The van der Waals surface area contributed by atoms with E-state index in [9.17, 15) is 9.59 Å². The zero-order valence-electron chi connectivity index (χ0n) is 14.3. The molecule has 1 atom stereocenters. The highest BCUT2D eigenvalue weighted by Crippen LogP contribution is 2.23. The van der Waals surface area contributed by atoms with Crippen molar-refractivity contribution in [2.45, 2.75) is 39.2 Å². The van der Waals surface area contributed by atoms with Crippen LogP contribution in [0.25, 0.3) is 0 Å². The molecule has 1 N–H and O–H groups in total. The van der Waals surface area contributed by atoms with Crippen LogP contribution in [0.1, 0.15) is 36.8 Å². The zero-order valence-corrected chi connectivity index (χ0v) is 15.1. The smallest absolute Gasteiger partial charge is 0.231 e. The van der Waals surface area contributed by atoms with E-state index in [-0.39, 0.29) is 24.2 Å². The molecule has 1 saturated heterocycles. The number of nitrogens with one attached hydrogen (secondary N) is 1. The number of nitrogens with zero attached hydrogens (tertiary/aromatic N) is 3. The second-order valence-electron chi connectivity index (χ2n) is 6.25. The van der Waals surface area contributed by atoms with Gasteiger partial charge in [0, 0.05) is 25.9 Å². The van der Waals surface area contributed by atoms with E-state index in [0.29, 0.717) is 18.2 Å². The summed E-state index contributed by atoms with van der Waals surface area (Å²) in [7, 11) is 0. The van der Waals surface area contributed by atoms with Gasteiger partial charge in [0.15, 0.2) is 0 Å². The summed E-state index contributed by atoms with van der Waals surface area (Å²) in [5.41, 5.74) is 1.07. The van der Waals surface area contributed by atoms with Crippen LogP contribution < -0.4 is 5.32 Å². The Morgan fingerprint density at radius 2 is 2.12 bits per heavy atom. The third-order valence-electron chi connectivity index (χ3n) is 4.24. The normalized spacial score (nSPS) is 17.1. The first-order valence-corrected chi connectivity index (χ1v) is 9.42. The molecular formula is C18H22N4O2S. The Hall–Kier alpha value is -2.28. The molecule has 7 heteroatoms. The largest absolute Gasteiger partial charge is 0.338 e. The van der Waals surface area contributed by atoms with Crippen molar-refractivity contribution < 1.29 is 9.59 Å². The number of benzene rings is 1. The molecule has 1 aromatic heterocycles. The maximum absolute atomic E-state index is 12.4. The molecule has 1 aromatic carbocycles. The van der Waals surface area contributed by atoms with E-state index in [1.54, 1.807) is 4.90 Å². The molecule has 2 heterocycles. The molecule has 2 aromatic rings. The van der Waals surface area contributed by atoms with E-state index in [0.717, 1.165) is 29.8 Å². The summed E-state index contributed by atoms with van der Waals surface area (Å²) in [6, 6.07) is 9.82. The lowest BCUT2D eigenvalue weighted by Crippen LogP contribution is -2.28. The highest BCUT2D eigenvalue weighted by atomic mass is 32.1. The van der Waals surface area contributed by atoms with Crippen LogP contribution in [0.5, 0.6) is 0 Å². The van der Waals surface area contributed by atoms with Gasteiger partial charge in [0.1, 0.15) is 5.01 Å². The number of carbonyl (C=O) groups is 2. The predicted octanol–water partition coefficient (Wildman–Crippen LogP) is 2.87. The number of anilines is 1. The van der Waals surface area contributed by atoms with Gasteiger partial charge in [-0.1, -0.05) is 55.0 Å². The van der Waals surface area contributed by atoms with E-state index >= 15 is 0 Å². The lowest BCUT2D eigenvalue weighted by atomic mass is 10.1. The van der Waals surface area contributed by atoms with Crippen LogP contribution in [0.2, 0.25) is 0 Å². The Bertz CT molecular complexity index is 732. The van der Waals surface area contributed by atoms with Crippen LogP contribution in [-0.4, -0.2) is 33.5 Å². The van der Waals surface area contributed by atoms with Crippen molar-refractivity contribution in [2.75, 3.05) is 11.9 Å². The Morgan fingerprint density at radius 1 is 1.32 bits per heavy atom. The fraction of sp³-hybridized carbons (Fsp3) is 0.444. The highest BCUT2D eigenvalue weighted by molar-refractivity contribution is 7.15. The number of amides is 2. The molecule has 1 fully saturated rings. The van der Waals surface area contributed by atoms with Crippen LogP contribution in [0.3, 0.4) is 0 Å². The number of aromatic nitrogens is 2. The van der Waals surface area contributed by atoms with Crippen LogP contribution in [0, 0.1) is 5.92 Å². The van der Waals surface area contributed by atoms with Crippen molar-refractivity contribution in [3.05, 3.63) is 40.9 Å². The second kappa shape index (κ2) is 8.20. The van der Waals surface area contributed by atoms with Gasteiger partial charge in [0.25, 0.3) is 0 Å². The molecule has 6 nitrogen and oxygen atoms in total. The molecule has 3 rings (SSSR count). The lowest BCUT2D eigenvalue weighted by molar-refractivity contribution is -0.128. The van der Waals surface area contributed by atoms with Gasteiger partial charge in [0.05, 0.1) is 5.92 Å². The topological polar surface area (TPSA) is 75.2 Å². The lowest BCUT2D eigenvalue weighted by Gasteiger charge is -2.16. The molecule has 25 heavy (non-hydrogen) atoms. The average Bonchev–Trinajstić information content (AvgIpc) is 3.21. The standard InChI is InChI=1S/C18H22N4O2S/c1-2-3-9-15-20-21-18(25-15)19-17(24)14-10-16(23)22(12-14)11-13-7-5-4-6-8-13/h4-8,14H,2-3,9-12H2,1H3,(H,19,21,24)/t14-/m1/s1. The fourth-order valence-electron chi connectivity index (χ4n) is 2.85. The first-order chi connectivity index (χ1) is 12.2. The summed E-state index contributed by atoms with van der Waals surface area (Å²) in [5.74, 6) is -0.466. The summed E-state index contributed by atoms with van der Waals surface area (Å²) < 4.78 is 0. The van der Waals surface area contributed by atoms with Crippen LogP contribution in [-0.2, 0) is 22.6 Å². The first kappa shape index (κ1) is 17.5. The minimum Gasteiger partial charge on any atom is -0.338 e. The molecule has 0 unspecified atom stereocenters. The van der Waals surface area contributed by atoms with Gasteiger partial charge in [-0.3, -0.25) is 9.59 Å². The van der Waals surface area contributed by atoms with E-state index in [1.165, 1.54) is 11.3 Å². The van der Waals surface area contributed by atoms with Crippen molar-refractivity contribution in [2.24, 2.45) is 5.92 Å². The first-order valence-electron chi connectivity index (χ1n) is 8.60. The molecular weight excluding hydrogens is 336 g/mol. The molecule has 0 aliphatic carbocycles. The SMILES string of the molecule is CCCCc1nnc(NC(=O)[C@@H]2CC(=O)N(Cc3ccccc3)C2)s1. The molecule has 0 spiro atoms. The number of hydrogen-bond acceptors (Lipinski definition) is 5. The zero-order chi connectivity index (χ0) is 17.6. The van der Waals surface area contributed by atoms with Gasteiger partial charge in [-0.15, -0.1) is 10.2 Å². The molecule has 2 amide bonds. The van der Waals surface area contributed by atoms with E-state index in [1.807, 2.05) is 30.3 Å². The van der Waals surface area contributed by atoms with Gasteiger partial charge in [0.2, 0.25) is 16.9 Å². The van der Waals surface area contributed by atoms with Crippen molar-refractivity contribution in [1.82, 2.24) is 15.1 Å². The van der Waals surface area contributed by atoms with E-state index in [4.69, 9.17) is 0 Å². The summed E-state index contributed by atoms with van der Waals surface area (Å²) in [6.07, 6.45) is 3.30. The fourth-order valence-corrected chi connectivity index (χ4v) is 3.63. The number of likely N-dealkylation sites (tertiary alicyclic amines) is 1. The minimum atomic E-state index is -0.334. The number of hydrogen-bond donors (Lipinski definition) is 1. The monoisotopic (exact) mass is 358 g/mol. The number of aryl methyl sites for hydroxylation is 1. The maximum Gasteiger partial charge on any atom is 0.231 e. The summed E-state index contributed by atoms with van der Waals surface area (Å²) >= 11 is 1.41. The number of unbranched alkanes of at least 4 members (excludes halogenated alkanes) is 1. The third kappa shape index (κ3) is 4.63. The van der Waals surface area contributed by atoms with Gasteiger partial charge < -0.3 is 10.2 Å². The second-order valence-corrected chi connectivity index (χ2v) is 7.32. The average molecular weight is 358 g/mol. The highest BCUT2D eigenvalue weighted by Gasteiger charge is 2.34. The Morgan fingerprint density at radius 3 is 2.88 bits per heavy atom. The van der Waals surface area contributed by atoms with Crippen LogP contribution in [0.15, 0.2) is 30.3 Å².